The number of hydrogen-bond donors (Lipinski definition) is 1. The lowest BCUT2D eigenvalue weighted by Crippen LogP contribution is -2.26. The summed E-state index contributed by atoms with van der Waals surface area (Å²) in [4.78, 5) is 2.14. The van der Waals surface area contributed by atoms with Crippen LogP contribution in [0.5, 0.6) is 5.75 Å². The molecule has 0 atom stereocenters. The van der Waals surface area contributed by atoms with Crippen molar-refractivity contribution in [3.8, 4) is 5.75 Å². The summed E-state index contributed by atoms with van der Waals surface area (Å²) in [5.41, 5.74) is 1.97. The van der Waals surface area contributed by atoms with Crippen LogP contribution in [0, 0.1) is 5.82 Å². The van der Waals surface area contributed by atoms with Crippen LogP contribution in [-0.4, -0.2) is 32.1 Å². The Hall–Kier alpha value is -1.62. The van der Waals surface area contributed by atoms with Gasteiger partial charge in [-0.2, -0.15) is 0 Å². The van der Waals surface area contributed by atoms with Gasteiger partial charge in [0.1, 0.15) is 18.2 Å². The normalized spacial score (nSPS) is 11.0. The van der Waals surface area contributed by atoms with E-state index in [4.69, 9.17) is 16.3 Å². The summed E-state index contributed by atoms with van der Waals surface area (Å²) >= 11 is 5.98. The lowest BCUT2D eigenvalue weighted by molar-refractivity contribution is 0.306. The van der Waals surface area contributed by atoms with Crippen LogP contribution >= 0.6 is 11.6 Å². The second kappa shape index (κ2) is 8.87. The van der Waals surface area contributed by atoms with Crippen molar-refractivity contribution in [2.24, 2.45) is 0 Å². The zero-order valence-corrected chi connectivity index (χ0v) is 14.2. The van der Waals surface area contributed by atoms with Crippen LogP contribution in [0.1, 0.15) is 11.1 Å². The fraction of sp³-hybridized carbons (Fsp3) is 0.333. The predicted molar refractivity (Wildman–Crippen MR) is 92.4 cm³/mol. The SMILES string of the molecule is CN(C)CCNCc1ccc(OCc2ccc(F)cc2Cl)cc1. The molecule has 0 bridgehead atoms. The van der Waals surface area contributed by atoms with Crippen LogP contribution in [0.2, 0.25) is 5.02 Å². The molecule has 0 aliphatic heterocycles. The summed E-state index contributed by atoms with van der Waals surface area (Å²) in [6, 6.07) is 12.2. The number of likely N-dealkylation sites (N-methyl/N-ethyl adjacent to an activating group) is 1. The minimum Gasteiger partial charge on any atom is -0.489 e. The van der Waals surface area contributed by atoms with Crippen LogP contribution in [-0.2, 0) is 13.2 Å². The molecule has 5 heteroatoms. The maximum absolute atomic E-state index is 13.0. The first-order valence-electron chi connectivity index (χ1n) is 7.56. The molecular weight excluding hydrogens is 315 g/mol. The highest BCUT2D eigenvalue weighted by molar-refractivity contribution is 6.31. The molecule has 0 spiro atoms. The highest BCUT2D eigenvalue weighted by Crippen LogP contribution is 2.20. The zero-order valence-electron chi connectivity index (χ0n) is 13.5. The molecule has 0 aliphatic carbocycles. The first-order chi connectivity index (χ1) is 11.0. The number of nitrogens with one attached hydrogen (secondary N) is 1. The Kier molecular flexibility index (Phi) is 6.84. The van der Waals surface area contributed by atoms with Crippen molar-refractivity contribution >= 4 is 11.6 Å². The molecule has 0 aliphatic rings. The Morgan fingerprint density at radius 1 is 1.13 bits per heavy atom. The van der Waals surface area contributed by atoms with E-state index in [1.54, 1.807) is 6.07 Å². The van der Waals surface area contributed by atoms with Crippen molar-refractivity contribution in [2.45, 2.75) is 13.2 Å². The second-order valence-corrected chi connectivity index (χ2v) is 6.06. The van der Waals surface area contributed by atoms with Gasteiger partial charge in [-0.1, -0.05) is 29.8 Å². The summed E-state index contributed by atoms with van der Waals surface area (Å²) < 4.78 is 18.7. The molecule has 0 saturated heterocycles. The Bertz CT molecular complexity index is 617. The quantitative estimate of drug-likeness (QED) is 0.744. The number of hydrogen-bond acceptors (Lipinski definition) is 3. The molecule has 0 radical (unpaired) electrons. The van der Waals surface area contributed by atoms with Gasteiger partial charge in [-0.3, -0.25) is 0 Å². The van der Waals surface area contributed by atoms with Crippen molar-refractivity contribution in [3.05, 3.63) is 64.4 Å². The van der Waals surface area contributed by atoms with E-state index in [0.29, 0.717) is 11.6 Å². The first kappa shape index (κ1) is 17.7. The molecule has 0 amide bonds. The van der Waals surface area contributed by atoms with Gasteiger partial charge in [0.05, 0.1) is 5.02 Å². The Morgan fingerprint density at radius 3 is 2.52 bits per heavy atom. The molecule has 23 heavy (non-hydrogen) atoms. The molecule has 3 nitrogen and oxygen atoms in total. The Labute approximate surface area is 142 Å². The fourth-order valence-electron chi connectivity index (χ4n) is 2.04. The minimum atomic E-state index is -0.343. The van der Waals surface area contributed by atoms with Gasteiger partial charge in [0.15, 0.2) is 0 Å². The lowest BCUT2D eigenvalue weighted by atomic mass is 10.2. The predicted octanol–water partition coefficient (Wildman–Crippen LogP) is 3.71. The van der Waals surface area contributed by atoms with E-state index >= 15 is 0 Å². The summed E-state index contributed by atoms with van der Waals surface area (Å²) in [5.74, 6) is 0.423. The van der Waals surface area contributed by atoms with E-state index in [0.717, 1.165) is 30.9 Å². The average molecular weight is 337 g/mol. The number of rotatable bonds is 8. The molecule has 2 aromatic carbocycles. The standard InChI is InChI=1S/C18H22ClFN2O/c1-22(2)10-9-21-12-14-3-7-17(8-4-14)23-13-15-5-6-16(20)11-18(15)19/h3-8,11,21H,9-10,12-13H2,1-2H3. The van der Waals surface area contributed by atoms with Gasteiger partial charge < -0.3 is 15.0 Å². The van der Waals surface area contributed by atoms with Crippen molar-refractivity contribution in [1.82, 2.24) is 10.2 Å². The summed E-state index contributed by atoms with van der Waals surface area (Å²) in [7, 11) is 4.11. The maximum atomic E-state index is 13.0. The van der Waals surface area contributed by atoms with Gasteiger partial charge in [-0.25, -0.2) is 4.39 Å². The van der Waals surface area contributed by atoms with Crippen molar-refractivity contribution in [2.75, 3.05) is 27.2 Å². The molecule has 1 N–H and O–H groups in total. The third kappa shape index (κ3) is 6.18. The second-order valence-electron chi connectivity index (χ2n) is 5.65. The van der Waals surface area contributed by atoms with E-state index in [2.05, 4.69) is 24.3 Å². The van der Waals surface area contributed by atoms with E-state index in [1.807, 2.05) is 24.3 Å². The lowest BCUT2D eigenvalue weighted by Gasteiger charge is -2.11. The smallest absolute Gasteiger partial charge is 0.124 e. The largest absolute Gasteiger partial charge is 0.489 e. The van der Waals surface area contributed by atoms with Crippen LogP contribution in [0.3, 0.4) is 0 Å². The zero-order chi connectivity index (χ0) is 16.7. The van der Waals surface area contributed by atoms with Crippen LogP contribution in [0.4, 0.5) is 4.39 Å². The van der Waals surface area contributed by atoms with Crippen LogP contribution < -0.4 is 10.1 Å². The topological polar surface area (TPSA) is 24.5 Å². The molecular formula is C18H22ClFN2O. The van der Waals surface area contributed by atoms with Gasteiger partial charge in [-0.15, -0.1) is 0 Å². The van der Waals surface area contributed by atoms with E-state index in [-0.39, 0.29) is 5.82 Å². The highest BCUT2D eigenvalue weighted by atomic mass is 35.5. The summed E-state index contributed by atoms with van der Waals surface area (Å²) in [6.45, 7) is 3.12. The number of ether oxygens (including phenoxy) is 1. The van der Waals surface area contributed by atoms with Gasteiger partial charge in [-0.05, 0) is 43.9 Å². The first-order valence-corrected chi connectivity index (χ1v) is 7.93. The van der Waals surface area contributed by atoms with Gasteiger partial charge >= 0.3 is 0 Å². The molecule has 0 unspecified atom stereocenters. The summed E-state index contributed by atoms with van der Waals surface area (Å²) in [6.07, 6.45) is 0. The van der Waals surface area contributed by atoms with Gasteiger partial charge in [0.25, 0.3) is 0 Å². The minimum absolute atomic E-state index is 0.319. The highest BCUT2D eigenvalue weighted by Gasteiger charge is 2.03. The third-order valence-electron chi connectivity index (χ3n) is 3.40. The third-order valence-corrected chi connectivity index (χ3v) is 3.75. The van der Waals surface area contributed by atoms with Crippen molar-refractivity contribution in [3.63, 3.8) is 0 Å². The van der Waals surface area contributed by atoms with Gasteiger partial charge in [0, 0.05) is 25.2 Å². The maximum Gasteiger partial charge on any atom is 0.124 e. The van der Waals surface area contributed by atoms with E-state index in [1.165, 1.54) is 17.7 Å². The van der Waals surface area contributed by atoms with E-state index < -0.39 is 0 Å². The molecule has 0 saturated carbocycles. The van der Waals surface area contributed by atoms with Crippen molar-refractivity contribution < 1.29 is 9.13 Å². The van der Waals surface area contributed by atoms with Crippen LogP contribution in [0.25, 0.3) is 0 Å². The summed E-state index contributed by atoms with van der Waals surface area (Å²) in [5, 5.41) is 3.77. The average Bonchev–Trinajstić information content (AvgIpc) is 2.52. The van der Waals surface area contributed by atoms with Crippen LogP contribution in [0.15, 0.2) is 42.5 Å². The number of nitrogens with zero attached hydrogens (tertiary/aromatic N) is 1. The molecule has 2 aromatic rings. The monoisotopic (exact) mass is 336 g/mol. The number of benzene rings is 2. The van der Waals surface area contributed by atoms with E-state index in [9.17, 15) is 4.39 Å². The number of halogens is 2. The molecule has 0 heterocycles. The molecule has 2 rings (SSSR count). The van der Waals surface area contributed by atoms with Crippen molar-refractivity contribution in [1.29, 1.82) is 0 Å². The molecule has 0 fully saturated rings. The Morgan fingerprint density at radius 2 is 1.87 bits per heavy atom. The molecule has 0 aromatic heterocycles. The Balaban J connectivity index is 1.80. The fourth-order valence-corrected chi connectivity index (χ4v) is 2.26. The molecule has 124 valence electrons. The van der Waals surface area contributed by atoms with Gasteiger partial charge in [0.2, 0.25) is 0 Å².